The highest BCUT2D eigenvalue weighted by molar-refractivity contribution is 7.92. The largest absolute Gasteiger partial charge is 0.300 e. The van der Waals surface area contributed by atoms with E-state index in [1.165, 1.54) is 0 Å². The fourth-order valence-electron chi connectivity index (χ4n) is 3.77. The van der Waals surface area contributed by atoms with E-state index in [-0.39, 0.29) is 5.04 Å². The van der Waals surface area contributed by atoms with Gasteiger partial charge in [-0.25, -0.2) is 8.42 Å². The number of rotatable bonds is 3. The summed E-state index contributed by atoms with van der Waals surface area (Å²) in [6, 6.07) is 14.8. The van der Waals surface area contributed by atoms with Gasteiger partial charge in [0.2, 0.25) is 0 Å². The lowest BCUT2D eigenvalue weighted by Crippen LogP contribution is -2.45. The highest BCUT2D eigenvalue weighted by Crippen LogP contribution is 2.41. The van der Waals surface area contributed by atoms with Crippen molar-refractivity contribution < 1.29 is 8.42 Å². The molecular formula is C24H31N3O2SSi. The zero-order valence-electron chi connectivity index (χ0n) is 19.2. The molecule has 0 atom stereocenters. The fourth-order valence-corrected chi connectivity index (χ4v) is 6.77. The van der Waals surface area contributed by atoms with Gasteiger partial charge in [-0.2, -0.15) is 5.10 Å². The van der Waals surface area contributed by atoms with E-state index in [4.69, 9.17) is 5.10 Å². The maximum Gasteiger partial charge on any atom is 0.264 e. The molecule has 0 saturated carbocycles. The molecule has 1 aromatic heterocycles. The zero-order valence-corrected chi connectivity index (χ0v) is 21.0. The molecule has 0 unspecified atom stereocenters. The summed E-state index contributed by atoms with van der Waals surface area (Å²) >= 11 is 0. The van der Waals surface area contributed by atoms with Crippen molar-refractivity contribution in [1.82, 2.24) is 9.45 Å². The summed E-state index contributed by atoms with van der Waals surface area (Å²) in [6.45, 7) is 13.8. The van der Waals surface area contributed by atoms with Crippen molar-refractivity contribution in [2.24, 2.45) is 0 Å². The third kappa shape index (κ3) is 3.63. The van der Waals surface area contributed by atoms with E-state index in [1.54, 1.807) is 16.4 Å². The Kier molecular flexibility index (Phi) is 5.17. The standard InChI is InChI=1S/C24H31N3O2SSi/c1-18-11-13-20(14-12-18)30(28,29)26-16-15-19-17-27(31(5,6)24(2,3)4)25-23(19)21-9-7-8-10-22(21)26/h7-14,17H,15-16H2,1-6H3. The van der Waals surface area contributed by atoms with Gasteiger partial charge < -0.3 is 4.35 Å². The topological polar surface area (TPSA) is 55.2 Å². The molecule has 0 fully saturated rings. The van der Waals surface area contributed by atoms with E-state index >= 15 is 0 Å². The van der Waals surface area contributed by atoms with Crippen molar-refractivity contribution in [3.8, 4) is 11.3 Å². The Balaban J connectivity index is 1.84. The van der Waals surface area contributed by atoms with Crippen LogP contribution in [0.1, 0.15) is 31.9 Å². The van der Waals surface area contributed by atoms with Gasteiger partial charge in [0.15, 0.2) is 8.24 Å². The Hall–Kier alpha value is -2.38. The van der Waals surface area contributed by atoms with Crippen molar-refractivity contribution in [3.63, 3.8) is 0 Å². The summed E-state index contributed by atoms with van der Waals surface area (Å²) in [6.07, 6.45) is 2.79. The van der Waals surface area contributed by atoms with Gasteiger partial charge in [-0.1, -0.05) is 56.7 Å². The van der Waals surface area contributed by atoms with Gasteiger partial charge in [0.25, 0.3) is 10.0 Å². The Morgan fingerprint density at radius 2 is 1.65 bits per heavy atom. The summed E-state index contributed by atoms with van der Waals surface area (Å²) in [5, 5.41) is 5.20. The van der Waals surface area contributed by atoms with Crippen LogP contribution >= 0.6 is 0 Å². The smallest absolute Gasteiger partial charge is 0.264 e. The van der Waals surface area contributed by atoms with Crippen molar-refractivity contribution in [2.75, 3.05) is 10.8 Å². The van der Waals surface area contributed by atoms with Gasteiger partial charge in [0.1, 0.15) is 0 Å². The first-order valence-corrected chi connectivity index (χ1v) is 15.1. The van der Waals surface area contributed by atoms with Crippen LogP contribution in [0.3, 0.4) is 0 Å². The molecule has 2 aromatic carbocycles. The second-order valence-electron chi connectivity index (χ2n) is 9.91. The van der Waals surface area contributed by atoms with Crippen LogP contribution in [0.25, 0.3) is 11.3 Å². The Labute approximate surface area is 186 Å². The Morgan fingerprint density at radius 1 is 1.00 bits per heavy atom. The molecule has 0 aliphatic carbocycles. The summed E-state index contributed by atoms with van der Waals surface area (Å²) in [7, 11) is -5.54. The minimum atomic E-state index is -3.67. The summed E-state index contributed by atoms with van der Waals surface area (Å²) in [5.41, 5.74) is 4.63. The summed E-state index contributed by atoms with van der Waals surface area (Å²) in [4.78, 5) is 0.318. The number of nitrogens with zero attached hydrogens (tertiary/aromatic N) is 3. The molecule has 3 aromatic rings. The molecular weight excluding hydrogens is 422 g/mol. The molecule has 0 spiro atoms. The maximum atomic E-state index is 13.6. The average Bonchev–Trinajstić information content (AvgIpc) is 3.06. The number of aromatic nitrogens is 2. The Morgan fingerprint density at radius 3 is 2.29 bits per heavy atom. The van der Waals surface area contributed by atoms with Crippen molar-refractivity contribution in [1.29, 1.82) is 0 Å². The van der Waals surface area contributed by atoms with Gasteiger partial charge in [-0.3, -0.25) is 4.31 Å². The second kappa shape index (κ2) is 7.34. The van der Waals surface area contributed by atoms with E-state index in [2.05, 4.69) is 44.4 Å². The number of hydrogen-bond acceptors (Lipinski definition) is 3. The lowest BCUT2D eigenvalue weighted by atomic mass is 10.1. The van der Waals surface area contributed by atoms with Crippen LogP contribution in [0.4, 0.5) is 5.69 Å². The van der Waals surface area contributed by atoms with E-state index in [1.807, 2.05) is 43.3 Å². The van der Waals surface area contributed by atoms with Crippen LogP contribution in [0.15, 0.2) is 59.6 Å². The summed E-state index contributed by atoms with van der Waals surface area (Å²) < 4.78 is 30.8. The monoisotopic (exact) mass is 453 g/mol. The lowest BCUT2D eigenvalue weighted by Gasteiger charge is -2.36. The molecule has 0 radical (unpaired) electrons. The van der Waals surface area contributed by atoms with Gasteiger partial charge in [-0.15, -0.1) is 0 Å². The minimum Gasteiger partial charge on any atom is -0.300 e. The molecule has 7 heteroatoms. The normalized spacial score (nSPS) is 14.7. The fraction of sp³-hybridized carbons (Fsp3) is 0.375. The van der Waals surface area contributed by atoms with E-state index in [9.17, 15) is 8.42 Å². The molecule has 31 heavy (non-hydrogen) atoms. The minimum absolute atomic E-state index is 0.151. The van der Waals surface area contributed by atoms with Crippen LogP contribution in [-0.2, 0) is 16.4 Å². The SMILES string of the molecule is Cc1ccc(S(=O)(=O)N2CCc3cn([Si](C)(C)C(C)(C)C)nc3-c3ccccc32)cc1. The number of aryl methyl sites for hydroxylation is 1. The molecule has 5 nitrogen and oxygen atoms in total. The quantitative estimate of drug-likeness (QED) is 0.495. The van der Waals surface area contributed by atoms with E-state index < -0.39 is 18.3 Å². The lowest BCUT2D eigenvalue weighted by molar-refractivity contribution is 0.591. The maximum absolute atomic E-state index is 13.6. The predicted octanol–water partition coefficient (Wildman–Crippen LogP) is 5.46. The zero-order chi connectivity index (χ0) is 22.6. The highest BCUT2D eigenvalue weighted by atomic mass is 32.2. The predicted molar refractivity (Wildman–Crippen MR) is 130 cm³/mol. The molecule has 0 N–H and O–H groups in total. The third-order valence-corrected chi connectivity index (χ3v) is 13.7. The number of para-hydroxylation sites is 1. The number of benzene rings is 2. The van der Waals surface area contributed by atoms with Crippen LogP contribution in [-0.4, -0.2) is 32.6 Å². The molecule has 1 aliphatic rings. The van der Waals surface area contributed by atoms with Gasteiger partial charge in [-0.05, 0) is 55.2 Å². The van der Waals surface area contributed by atoms with Crippen LogP contribution in [0.2, 0.25) is 18.1 Å². The first kappa shape index (κ1) is 21.8. The van der Waals surface area contributed by atoms with Gasteiger partial charge in [0.05, 0.1) is 16.3 Å². The summed E-state index contributed by atoms with van der Waals surface area (Å²) in [5.74, 6) is 0. The van der Waals surface area contributed by atoms with Crippen LogP contribution in [0, 0.1) is 6.92 Å². The molecule has 0 saturated heterocycles. The van der Waals surface area contributed by atoms with Crippen LogP contribution in [0.5, 0.6) is 0 Å². The highest BCUT2D eigenvalue weighted by Gasteiger charge is 2.40. The van der Waals surface area contributed by atoms with Crippen molar-refractivity contribution in [2.45, 2.75) is 57.1 Å². The van der Waals surface area contributed by atoms with Crippen molar-refractivity contribution >= 4 is 23.9 Å². The first-order chi connectivity index (χ1) is 14.4. The Bertz CT molecular complexity index is 1220. The number of hydrogen-bond donors (Lipinski definition) is 0. The molecule has 2 heterocycles. The molecule has 164 valence electrons. The third-order valence-electron chi connectivity index (χ3n) is 6.82. The van der Waals surface area contributed by atoms with E-state index in [0.717, 1.165) is 22.4 Å². The second-order valence-corrected chi connectivity index (χ2v) is 16.9. The molecule has 0 amide bonds. The van der Waals surface area contributed by atoms with Gasteiger partial charge >= 0.3 is 0 Å². The average molecular weight is 454 g/mol. The molecule has 1 aliphatic heterocycles. The van der Waals surface area contributed by atoms with Gasteiger partial charge in [0, 0.05) is 18.3 Å². The van der Waals surface area contributed by atoms with E-state index in [0.29, 0.717) is 23.5 Å². The number of fused-ring (bicyclic) bond motifs is 3. The molecule has 0 bridgehead atoms. The molecule has 4 rings (SSSR count). The first-order valence-electron chi connectivity index (χ1n) is 10.7. The number of anilines is 1. The van der Waals surface area contributed by atoms with Crippen molar-refractivity contribution in [3.05, 3.63) is 65.9 Å². The number of sulfonamides is 1. The van der Waals surface area contributed by atoms with Crippen LogP contribution < -0.4 is 4.31 Å².